The number of halogens is 1. The molecule has 6 heteroatoms. The first-order valence-corrected chi connectivity index (χ1v) is 10.4. The van der Waals surface area contributed by atoms with E-state index in [9.17, 15) is 9.18 Å². The highest BCUT2D eigenvalue weighted by Gasteiger charge is 2.26. The van der Waals surface area contributed by atoms with Gasteiger partial charge in [0.15, 0.2) is 11.6 Å². The van der Waals surface area contributed by atoms with Gasteiger partial charge < -0.3 is 15.0 Å². The summed E-state index contributed by atoms with van der Waals surface area (Å²) < 4.78 is 19.3. The number of hydrogen-bond donors (Lipinski definition) is 1. The molecule has 5 nitrogen and oxygen atoms in total. The molecule has 30 heavy (non-hydrogen) atoms. The van der Waals surface area contributed by atoms with Crippen LogP contribution < -0.4 is 10.1 Å². The Morgan fingerprint density at radius 2 is 2.13 bits per heavy atom. The molecule has 1 N–H and O–H groups in total. The zero-order chi connectivity index (χ0) is 21.3. The number of methoxy groups -OCH3 is 1. The predicted molar refractivity (Wildman–Crippen MR) is 116 cm³/mol. The molecule has 1 fully saturated rings. The third-order valence-corrected chi connectivity index (χ3v) is 6.17. The maximum absolute atomic E-state index is 14.3. The van der Waals surface area contributed by atoms with Crippen LogP contribution in [0.2, 0.25) is 0 Å². The van der Waals surface area contributed by atoms with E-state index in [2.05, 4.69) is 36.3 Å². The van der Waals surface area contributed by atoms with Crippen molar-refractivity contribution in [2.45, 2.75) is 25.8 Å². The van der Waals surface area contributed by atoms with E-state index in [1.54, 1.807) is 17.0 Å². The summed E-state index contributed by atoms with van der Waals surface area (Å²) in [6, 6.07) is 5.28. The maximum Gasteiger partial charge on any atom is 0.255 e. The average molecular weight is 410 g/mol. The Balaban J connectivity index is 1.64. The smallest absolute Gasteiger partial charge is 0.255 e. The monoisotopic (exact) mass is 409 g/mol. The fourth-order valence-electron chi connectivity index (χ4n) is 4.23. The minimum Gasteiger partial charge on any atom is -0.494 e. The van der Waals surface area contributed by atoms with E-state index in [1.165, 1.54) is 13.2 Å². The number of allylic oxidation sites excluding steroid dienone is 4. The van der Waals surface area contributed by atoms with E-state index >= 15 is 0 Å². The Hall–Kier alpha value is -2.86. The van der Waals surface area contributed by atoms with Crippen LogP contribution in [0.4, 0.5) is 4.39 Å². The van der Waals surface area contributed by atoms with Crippen molar-refractivity contribution in [1.82, 2.24) is 15.1 Å². The van der Waals surface area contributed by atoms with Crippen LogP contribution in [0.25, 0.3) is 5.57 Å². The first kappa shape index (κ1) is 20.4. The fourth-order valence-corrected chi connectivity index (χ4v) is 4.23. The molecule has 1 saturated heterocycles. The van der Waals surface area contributed by atoms with Gasteiger partial charge in [0.2, 0.25) is 0 Å². The van der Waals surface area contributed by atoms with Crippen LogP contribution in [0.3, 0.4) is 0 Å². The lowest BCUT2D eigenvalue weighted by molar-refractivity contribution is -0.122. The molecule has 2 unspecified atom stereocenters. The Morgan fingerprint density at radius 1 is 1.30 bits per heavy atom. The Labute approximate surface area is 177 Å². The van der Waals surface area contributed by atoms with Gasteiger partial charge in [-0.1, -0.05) is 19.1 Å². The van der Waals surface area contributed by atoms with Crippen LogP contribution in [0.1, 0.15) is 25.3 Å². The van der Waals surface area contributed by atoms with E-state index in [1.807, 2.05) is 18.3 Å². The van der Waals surface area contributed by atoms with Gasteiger partial charge in [0.05, 0.1) is 12.8 Å². The second-order valence-electron chi connectivity index (χ2n) is 8.07. The van der Waals surface area contributed by atoms with Gasteiger partial charge in [-0.25, -0.2) is 4.39 Å². The average Bonchev–Trinajstić information content (AvgIpc) is 3.29. The minimum atomic E-state index is -0.427. The molecular weight excluding hydrogens is 381 g/mol. The number of nitrogens with one attached hydrogen (secondary N) is 1. The number of carbonyl (C=O) groups is 1. The zero-order valence-electron chi connectivity index (χ0n) is 17.7. The highest BCUT2D eigenvalue weighted by atomic mass is 19.1. The summed E-state index contributed by atoms with van der Waals surface area (Å²) >= 11 is 0. The Kier molecular flexibility index (Phi) is 5.77. The fraction of sp³-hybridized carbons (Fsp3) is 0.375. The largest absolute Gasteiger partial charge is 0.494 e. The van der Waals surface area contributed by atoms with Gasteiger partial charge in [-0.2, -0.15) is 0 Å². The van der Waals surface area contributed by atoms with Crippen molar-refractivity contribution in [3.63, 3.8) is 0 Å². The van der Waals surface area contributed by atoms with Crippen LogP contribution in [-0.4, -0.2) is 49.0 Å². The topological polar surface area (TPSA) is 44.8 Å². The first-order chi connectivity index (χ1) is 14.5. The highest BCUT2D eigenvalue weighted by molar-refractivity contribution is 5.98. The van der Waals surface area contributed by atoms with E-state index in [0.717, 1.165) is 42.9 Å². The first-order valence-electron chi connectivity index (χ1n) is 10.4. The van der Waals surface area contributed by atoms with Crippen molar-refractivity contribution in [1.29, 1.82) is 0 Å². The third kappa shape index (κ3) is 3.92. The second-order valence-corrected chi connectivity index (χ2v) is 8.07. The summed E-state index contributed by atoms with van der Waals surface area (Å²) in [7, 11) is 3.51. The van der Waals surface area contributed by atoms with Gasteiger partial charge in [0.1, 0.15) is 0 Å². The minimum absolute atomic E-state index is 0.0856. The van der Waals surface area contributed by atoms with Crippen LogP contribution >= 0.6 is 0 Å². The van der Waals surface area contributed by atoms with E-state index < -0.39 is 5.82 Å². The Morgan fingerprint density at radius 3 is 2.83 bits per heavy atom. The van der Waals surface area contributed by atoms with Crippen LogP contribution in [-0.2, 0) is 4.79 Å². The molecule has 0 spiro atoms. The highest BCUT2D eigenvalue weighted by Crippen LogP contribution is 2.33. The van der Waals surface area contributed by atoms with Crippen LogP contribution in [0.15, 0.2) is 60.1 Å². The maximum atomic E-state index is 14.3. The third-order valence-electron chi connectivity index (χ3n) is 6.17. The van der Waals surface area contributed by atoms with Gasteiger partial charge in [-0.05, 0) is 60.7 Å². The second kappa shape index (κ2) is 8.48. The van der Waals surface area contributed by atoms with Crippen molar-refractivity contribution in [2.24, 2.45) is 5.92 Å². The summed E-state index contributed by atoms with van der Waals surface area (Å²) in [6.07, 6.45) is 11.6. The molecule has 0 saturated carbocycles. The molecule has 3 aliphatic heterocycles. The molecule has 0 aliphatic carbocycles. The SMILES string of the molecule is COc1ccc(C2=CC(=O)N3C=C(N(C)C4CCNC4)C=CC3=CCC2C)cc1F. The molecular formula is C24H28FN3O2. The number of fused-ring (bicyclic) bond motifs is 1. The van der Waals surface area contributed by atoms with Gasteiger partial charge in [0.25, 0.3) is 5.91 Å². The van der Waals surface area contributed by atoms with Gasteiger partial charge in [0, 0.05) is 37.6 Å². The number of ether oxygens (including phenoxy) is 1. The molecule has 0 aromatic heterocycles. The normalized spacial score (nSPS) is 23.8. The molecule has 1 amide bonds. The standard InChI is InChI=1S/C24H28FN3O2/c1-16-4-6-18-7-8-20(27(2)19-10-11-26-14-19)15-28(18)24(29)13-21(16)17-5-9-23(30-3)22(25)12-17/h5-9,12-13,15-16,19,26H,4,10-11,14H2,1-3H3. The number of rotatable bonds is 4. The summed E-state index contributed by atoms with van der Waals surface area (Å²) in [5.74, 6) is -0.269. The van der Waals surface area contributed by atoms with Crippen LogP contribution in [0.5, 0.6) is 5.75 Å². The van der Waals surface area contributed by atoms with Gasteiger partial charge in [-0.3, -0.25) is 9.69 Å². The summed E-state index contributed by atoms with van der Waals surface area (Å²) in [6.45, 7) is 4.02. The quantitative estimate of drug-likeness (QED) is 0.824. The predicted octanol–water partition coefficient (Wildman–Crippen LogP) is 3.67. The zero-order valence-corrected chi connectivity index (χ0v) is 17.7. The van der Waals surface area contributed by atoms with Crippen molar-refractivity contribution in [3.05, 3.63) is 71.5 Å². The Bertz CT molecular complexity index is 957. The van der Waals surface area contributed by atoms with Crippen molar-refractivity contribution < 1.29 is 13.9 Å². The molecule has 3 aliphatic rings. The molecule has 1 aromatic carbocycles. The number of carbonyl (C=O) groups excluding carboxylic acids is 1. The number of likely N-dealkylation sites (N-methyl/N-ethyl adjacent to an activating group) is 1. The molecule has 3 heterocycles. The number of benzene rings is 1. The van der Waals surface area contributed by atoms with Crippen LogP contribution in [0, 0.1) is 11.7 Å². The van der Waals surface area contributed by atoms with Gasteiger partial charge >= 0.3 is 0 Å². The van der Waals surface area contributed by atoms with Crippen molar-refractivity contribution >= 4 is 11.5 Å². The lowest BCUT2D eigenvalue weighted by Crippen LogP contribution is -2.35. The molecule has 2 atom stereocenters. The summed E-state index contributed by atoms with van der Waals surface area (Å²) in [5.41, 5.74) is 3.42. The number of nitrogens with zero attached hydrogens (tertiary/aromatic N) is 2. The molecule has 0 radical (unpaired) electrons. The van der Waals surface area contributed by atoms with E-state index in [4.69, 9.17) is 4.74 Å². The lowest BCUT2D eigenvalue weighted by Gasteiger charge is -2.32. The van der Waals surface area contributed by atoms with Crippen molar-refractivity contribution in [2.75, 3.05) is 27.2 Å². The van der Waals surface area contributed by atoms with Gasteiger partial charge in [-0.15, -0.1) is 0 Å². The summed E-state index contributed by atoms with van der Waals surface area (Å²) in [5, 5.41) is 3.38. The number of hydrogen-bond acceptors (Lipinski definition) is 4. The lowest BCUT2D eigenvalue weighted by atomic mass is 9.89. The molecule has 1 aromatic rings. The molecule has 4 rings (SSSR count). The van der Waals surface area contributed by atoms with E-state index in [-0.39, 0.29) is 17.6 Å². The number of amides is 1. The summed E-state index contributed by atoms with van der Waals surface area (Å²) in [4.78, 5) is 17.1. The molecule has 158 valence electrons. The van der Waals surface area contributed by atoms with E-state index in [0.29, 0.717) is 11.6 Å². The van der Waals surface area contributed by atoms with Crippen molar-refractivity contribution in [3.8, 4) is 5.75 Å². The molecule has 0 bridgehead atoms.